The van der Waals surface area contributed by atoms with Crippen molar-refractivity contribution in [2.75, 3.05) is 13.7 Å². The number of aliphatic hydroxyl groups is 1. The van der Waals surface area contributed by atoms with Crippen LogP contribution in [0.3, 0.4) is 0 Å². The van der Waals surface area contributed by atoms with Gasteiger partial charge in [0, 0.05) is 11.6 Å². The third kappa shape index (κ3) is 5.07. The van der Waals surface area contributed by atoms with E-state index in [0.29, 0.717) is 11.1 Å². The number of esters is 1. The van der Waals surface area contributed by atoms with Gasteiger partial charge in [0.05, 0.1) is 13.7 Å². The SMILES string of the molecule is COC(=O)C(CO)NC(=O)/C=C/c1ccc(C(N)=O)cc1. The van der Waals surface area contributed by atoms with E-state index in [4.69, 9.17) is 10.8 Å². The Morgan fingerprint density at radius 1 is 1.33 bits per heavy atom. The van der Waals surface area contributed by atoms with Gasteiger partial charge >= 0.3 is 5.97 Å². The average molecular weight is 292 g/mol. The lowest BCUT2D eigenvalue weighted by atomic mass is 10.1. The predicted molar refractivity (Wildman–Crippen MR) is 75.0 cm³/mol. The fraction of sp³-hybridized carbons (Fsp3) is 0.214. The number of benzene rings is 1. The van der Waals surface area contributed by atoms with Gasteiger partial charge in [-0.3, -0.25) is 9.59 Å². The Kier molecular flexibility index (Phi) is 6.09. The first-order valence-corrected chi connectivity index (χ1v) is 6.05. The van der Waals surface area contributed by atoms with Gasteiger partial charge in [0.1, 0.15) is 0 Å². The Bertz CT molecular complexity index is 551. The van der Waals surface area contributed by atoms with Crippen molar-refractivity contribution in [1.29, 1.82) is 0 Å². The molecule has 0 bridgehead atoms. The Balaban J connectivity index is 2.65. The van der Waals surface area contributed by atoms with Crippen molar-refractivity contribution < 1.29 is 24.2 Å². The van der Waals surface area contributed by atoms with Crippen LogP contribution < -0.4 is 11.1 Å². The first-order valence-electron chi connectivity index (χ1n) is 6.05. The summed E-state index contributed by atoms with van der Waals surface area (Å²) in [4.78, 5) is 33.7. The molecule has 1 unspecified atom stereocenters. The Morgan fingerprint density at radius 3 is 2.43 bits per heavy atom. The predicted octanol–water partition coefficient (Wildman–Crippen LogP) is -0.551. The van der Waals surface area contributed by atoms with Crippen LogP contribution in [0.2, 0.25) is 0 Å². The van der Waals surface area contributed by atoms with Crippen molar-refractivity contribution in [2.24, 2.45) is 5.73 Å². The summed E-state index contributed by atoms with van der Waals surface area (Å²) < 4.78 is 4.42. The van der Waals surface area contributed by atoms with E-state index < -0.39 is 30.4 Å². The number of nitrogens with two attached hydrogens (primary N) is 1. The molecule has 7 nitrogen and oxygen atoms in total. The van der Waals surface area contributed by atoms with E-state index in [0.717, 1.165) is 7.11 Å². The fourth-order valence-electron chi connectivity index (χ4n) is 1.47. The quantitative estimate of drug-likeness (QED) is 0.480. The van der Waals surface area contributed by atoms with Gasteiger partial charge in [-0.25, -0.2) is 4.79 Å². The molecule has 0 spiro atoms. The molecule has 4 N–H and O–H groups in total. The van der Waals surface area contributed by atoms with Crippen LogP contribution in [0.25, 0.3) is 6.08 Å². The number of ether oxygens (including phenoxy) is 1. The third-order valence-corrected chi connectivity index (χ3v) is 2.61. The highest BCUT2D eigenvalue weighted by molar-refractivity contribution is 5.95. The Morgan fingerprint density at radius 2 is 1.95 bits per heavy atom. The number of nitrogens with one attached hydrogen (secondary N) is 1. The molecule has 2 amide bonds. The minimum atomic E-state index is -1.11. The van der Waals surface area contributed by atoms with Crippen molar-refractivity contribution in [3.63, 3.8) is 0 Å². The summed E-state index contributed by atoms with van der Waals surface area (Å²) in [6.45, 7) is -0.556. The average Bonchev–Trinajstić information content (AvgIpc) is 2.50. The zero-order valence-electron chi connectivity index (χ0n) is 11.4. The van der Waals surface area contributed by atoms with E-state index in [1.165, 1.54) is 24.3 Å². The van der Waals surface area contributed by atoms with Gasteiger partial charge in [-0.15, -0.1) is 0 Å². The maximum absolute atomic E-state index is 11.6. The normalized spacial score (nSPS) is 11.9. The largest absolute Gasteiger partial charge is 0.467 e. The molecule has 0 aliphatic rings. The number of hydrogen-bond donors (Lipinski definition) is 3. The Hall–Kier alpha value is -2.67. The molecule has 1 atom stereocenters. The van der Waals surface area contributed by atoms with E-state index in [1.54, 1.807) is 12.1 Å². The first kappa shape index (κ1) is 16.4. The summed E-state index contributed by atoms with van der Waals surface area (Å²) >= 11 is 0. The number of aliphatic hydroxyl groups excluding tert-OH is 1. The van der Waals surface area contributed by atoms with Crippen LogP contribution in [-0.4, -0.2) is 42.6 Å². The number of carbonyl (C=O) groups excluding carboxylic acids is 3. The summed E-state index contributed by atoms with van der Waals surface area (Å²) in [5.74, 6) is -1.82. The van der Waals surface area contributed by atoms with Gasteiger partial charge in [-0.05, 0) is 23.8 Å². The highest BCUT2D eigenvalue weighted by Gasteiger charge is 2.18. The third-order valence-electron chi connectivity index (χ3n) is 2.61. The number of methoxy groups -OCH3 is 1. The van der Waals surface area contributed by atoms with Gasteiger partial charge in [-0.2, -0.15) is 0 Å². The number of rotatable bonds is 6. The summed E-state index contributed by atoms with van der Waals surface area (Å²) in [5.41, 5.74) is 6.15. The van der Waals surface area contributed by atoms with Crippen LogP contribution >= 0.6 is 0 Å². The second kappa shape index (κ2) is 7.81. The smallest absolute Gasteiger partial charge is 0.330 e. The first-order chi connectivity index (χ1) is 9.97. The molecule has 0 fully saturated rings. The van der Waals surface area contributed by atoms with Crippen LogP contribution in [0.1, 0.15) is 15.9 Å². The van der Waals surface area contributed by atoms with Crippen LogP contribution in [0.5, 0.6) is 0 Å². The van der Waals surface area contributed by atoms with Crippen molar-refractivity contribution in [1.82, 2.24) is 5.32 Å². The van der Waals surface area contributed by atoms with Crippen molar-refractivity contribution in [3.8, 4) is 0 Å². The summed E-state index contributed by atoms with van der Waals surface area (Å²) in [5, 5.41) is 11.3. The number of hydrogen-bond acceptors (Lipinski definition) is 5. The molecule has 1 aromatic carbocycles. The van der Waals surface area contributed by atoms with Crippen molar-refractivity contribution in [3.05, 3.63) is 41.5 Å². The van der Waals surface area contributed by atoms with Crippen molar-refractivity contribution in [2.45, 2.75) is 6.04 Å². The van der Waals surface area contributed by atoms with E-state index in [1.807, 2.05) is 0 Å². The minimum absolute atomic E-state index is 0.364. The summed E-state index contributed by atoms with van der Waals surface area (Å²) in [6, 6.07) is 5.20. The number of amides is 2. The standard InChI is InChI=1S/C14H16N2O5/c1-21-14(20)11(8-17)16-12(18)7-4-9-2-5-10(6-3-9)13(15)19/h2-7,11,17H,8H2,1H3,(H2,15,19)(H,16,18)/b7-4+. The lowest BCUT2D eigenvalue weighted by Crippen LogP contribution is -2.43. The molecule has 7 heteroatoms. The van der Waals surface area contributed by atoms with Crippen molar-refractivity contribution >= 4 is 23.9 Å². The minimum Gasteiger partial charge on any atom is -0.467 e. The van der Waals surface area contributed by atoms with Crippen LogP contribution in [-0.2, 0) is 14.3 Å². The molecule has 0 aliphatic carbocycles. The monoisotopic (exact) mass is 292 g/mol. The molecule has 0 saturated carbocycles. The highest BCUT2D eigenvalue weighted by atomic mass is 16.5. The molecule has 0 heterocycles. The highest BCUT2D eigenvalue weighted by Crippen LogP contribution is 2.05. The molecular formula is C14H16N2O5. The maximum Gasteiger partial charge on any atom is 0.330 e. The van der Waals surface area contributed by atoms with E-state index >= 15 is 0 Å². The van der Waals surface area contributed by atoms with Crippen LogP contribution in [0.4, 0.5) is 0 Å². The van der Waals surface area contributed by atoms with E-state index in [9.17, 15) is 14.4 Å². The lowest BCUT2D eigenvalue weighted by molar-refractivity contribution is -0.145. The molecule has 0 radical (unpaired) electrons. The molecule has 1 aromatic rings. The fourth-order valence-corrected chi connectivity index (χ4v) is 1.47. The van der Waals surface area contributed by atoms with E-state index in [2.05, 4.69) is 10.1 Å². The topological polar surface area (TPSA) is 119 Å². The van der Waals surface area contributed by atoms with Crippen LogP contribution in [0.15, 0.2) is 30.3 Å². The van der Waals surface area contributed by atoms with Gasteiger partial charge in [-0.1, -0.05) is 12.1 Å². The molecule has 112 valence electrons. The summed E-state index contributed by atoms with van der Waals surface area (Å²) in [6.07, 6.45) is 2.69. The van der Waals surface area contributed by atoms with Gasteiger partial charge in [0.25, 0.3) is 0 Å². The number of carbonyl (C=O) groups is 3. The molecule has 21 heavy (non-hydrogen) atoms. The maximum atomic E-state index is 11.6. The van der Waals surface area contributed by atoms with Gasteiger partial charge in [0.2, 0.25) is 11.8 Å². The lowest BCUT2D eigenvalue weighted by Gasteiger charge is -2.11. The molecule has 1 rings (SSSR count). The molecular weight excluding hydrogens is 276 g/mol. The second-order valence-electron chi connectivity index (χ2n) is 4.09. The zero-order chi connectivity index (χ0) is 15.8. The molecule has 0 aliphatic heterocycles. The zero-order valence-corrected chi connectivity index (χ0v) is 11.4. The van der Waals surface area contributed by atoms with E-state index in [-0.39, 0.29) is 0 Å². The van der Waals surface area contributed by atoms with Crippen LogP contribution in [0, 0.1) is 0 Å². The molecule has 0 aromatic heterocycles. The summed E-state index contributed by atoms with van der Waals surface area (Å²) in [7, 11) is 1.16. The second-order valence-corrected chi connectivity index (χ2v) is 4.09. The van der Waals surface area contributed by atoms with Gasteiger partial charge < -0.3 is 20.9 Å². The van der Waals surface area contributed by atoms with Gasteiger partial charge in [0.15, 0.2) is 6.04 Å². The number of primary amides is 1. The Labute approximate surface area is 121 Å². The molecule has 0 saturated heterocycles.